The quantitative estimate of drug-likeness (QED) is 0.445. The summed E-state index contributed by atoms with van der Waals surface area (Å²) >= 11 is -3.63. The van der Waals surface area contributed by atoms with Crippen molar-refractivity contribution in [2.45, 2.75) is 13.8 Å². The topological polar surface area (TPSA) is 113 Å². The van der Waals surface area contributed by atoms with Crippen molar-refractivity contribution in [2.24, 2.45) is 0 Å². The van der Waals surface area contributed by atoms with Gasteiger partial charge in [-0.1, -0.05) is 0 Å². The summed E-state index contributed by atoms with van der Waals surface area (Å²) in [5.74, 6) is -1.86. The monoisotopic (exact) mass is 351 g/mol. The number of carboxylic acids is 1. The van der Waals surface area contributed by atoms with E-state index in [1.165, 1.54) is 0 Å². The number of aliphatic carboxylic acids is 1. The minimum atomic E-state index is -3.63. The predicted molar refractivity (Wildman–Crippen MR) is 28.2 cm³/mol. The van der Waals surface area contributed by atoms with Crippen molar-refractivity contribution < 1.29 is 60.8 Å². The molecule has 0 atom stereocenters. The molecule has 2 radical (unpaired) electrons. The second kappa shape index (κ2) is 15.0. The van der Waals surface area contributed by atoms with E-state index < -0.39 is 27.6 Å². The fourth-order valence-electron chi connectivity index (χ4n) is 0.105. The number of hydrogen-bond donors (Lipinski definition) is 0. The van der Waals surface area contributed by atoms with Crippen molar-refractivity contribution >= 4 is 27.6 Å². The van der Waals surface area contributed by atoms with Crippen LogP contribution < -0.4 is 13.3 Å². The van der Waals surface area contributed by atoms with Crippen LogP contribution in [0.15, 0.2) is 0 Å². The van der Waals surface area contributed by atoms with Gasteiger partial charge in [0.15, 0.2) is 0 Å². The molecule has 0 aromatic carbocycles. The van der Waals surface area contributed by atoms with Gasteiger partial charge in [-0.15, -0.1) is 0 Å². The molecule has 0 bridgehead atoms. The van der Waals surface area contributed by atoms with Crippen molar-refractivity contribution in [2.75, 3.05) is 0 Å². The molecule has 0 aromatic rings. The number of carboxylic acid groups (broad SMARTS) is 1. The molecule has 0 aliphatic carbocycles. The van der Waals surface area contributed by atoms with Crippen LogP contribution >= 0.6 is 0 Å². The summed E-state index contributed by atoms with van der Waals surface area (Å²) in [6.07, 6.45) is 0. The zero-order valence-electron chi connectivity index (χ0n) is 6.50. The summed E-state index contributed by atoms with van der Waals surface area (Å²) in [6.45, 7) is 2.01. The largest absolute Gasteiger partial charge is 2.00 e. The number of carbonyl (C=O) groups excluding carboxylic acids is 2. The molecule has 13 heavy (non-hydrogen) atoms. The van der Waals surface area contributed by atoms with Gasteiger partial charge in [-0.3, -0.25) is 0 Å². The molecule has 0 fully saturated rings. The van der Waals surface area contributed by atoms with Crippen LogP contribution in [-0.2, 0) is 47.5 Å². The smallest absolute Gasteiger partial charge is 0.550 e. The molecule has 0 aliphatic heterocycles. The van der Waals surface area contributed by atoms with Gasteiger partial charge in [0.2, 0.25) is 0 Å². The molecule has 0 amide bonds. The molecule has 84 valence electrons. The molecule has 0 aromatic heterocycles. The fraction of sp³-hybridized carbons (Fsp3) is 0.500. The zero-order chi connectivity index (χ0) is 9.44. The number of carbonyl (C=O) groups is 2. The Bertz CT molecular complexity index is 137. The van der Waals surface area contributed by atoms with Crippen LogP contribution in [0.3, 0.4) is 0 Å². The summed E-state index contributed by atoms with van der Waals surface area (Å²) in [7, 11) is 0. The van der Waals surface area contributed by atoms with Gasteiger partial charge >= 0.3 is 79.4 Å². The summed E-state index contributed by atoms with van der Waals surface area (Å²) < 4.78 is 22.6. The summed E-state index contributed by atoms with van der Waals surface area (Å²) in [4.78, 5) is 18.6. The molecule has 0 N–H and O–H groups in total. The van der Waals surface area contributed by atoms with Crippen molar-refractivity contribution in [3.05, 3.63) is 0 Å². The van der Waals surface area contributed by atoms with Crippen molar-refractivity contribution in [3.63, 3.8) is 0 Å². The standard InChI is InChI=1S/C2H3AsO4.C2H4O2.2Cu/c1-2(4)7-3(5)6;1-2(3)4;;/h1H3;1H3,(H,3,4);;/q-2;;2*+2/p-1. The first-order valence-corrected chi connectivity index (χ1v) is 4.66. The summed E-state index contributed by atoms with van der Waals surface area (Å²) in [5.41, 5.74) is 0. The maximum Gasteiger partial charge on any atom is 2.00 e. The normalized spacial score (nSPS) is 6.85. The van der Waals surface area contributed by atoms with Gasteiger partial charge in [0.25, 0.3) is 0 Å². The van der Waals surface area contributed by atoms with E-state index in [4.69, 9.17) is 9.90 Å². The molecule has 0 aliphatic rings. The average molecular weight is 352 g/mol. The van der Waals surface area contributed by atoms with E-state index >= 15 is 0 Å². The Morgan fingerprint density at radius 2 is 1.38 bits per heavy atom. The van der Waals surface area contributed by atoms with E-state index in [0.29, 0.717) is 0 Å². The van der Waals surface area contributed by atoms with Gasteiger partial charge in [-0.2, -0.15) is 0 Å². The maximum absolute atomic E-state index is 9.67. The van der Waals surface area contributed by atoms with E-state index in [2.05, 4.69) is 3.73 Å². The molecule has 0 spiro atoms. The Balaban J connectivity index is -0.0000000600. The SMILES string of the molecule is CC(=O)O[As]([O-])[O-].CC(=O)[O-].[Cu+2].[Cu+2]. The third-order valence-corrected chi connectivity index (χ3v) is 1.06. The number of hydrogen-bond acceptors (Lipinski definition) is 6. The van der Waals surface area contributed by atoms with Crippen LogP contribution in [0.2, 0.25) is 0 Å². The minimum absolute atomic E-state index is 0. The Morgan fingerprint density at radius 3 is 1.38 bits per heavy atom. The van der Waals surface area contributed by atoms with Gasteiger partial charge in [0.1, 0.15) is 0 Å². The van der Waals surface area contributed by atoms with E-state index in [1.54, 1.807) is 0 Å². The average Bonchev–Trinajstić information content (AvgIpc) is 1.56. The van der Waals surface area contributed by atoms with Crippen LogP contribution in [0.25, 0.3) is 0 Å². The third kappa shape index (κ3) is 68.6. The summed E-state index contributed by atoms with van der Waals surface area (Å²) in [5, 5.41) is 8.89. The molecule has 0 saturated carbocycles. The molecule has 0 saturated heterocycles. The van der Waals surface area contributed by atoms with Crippen LogP contribution in [-0.4, -0.2) is 27.6 Å². The Kier molecular flexibility index (Phi) is 26.9. The summed E-state index contributed by atoms with van der Waals surface area (Å²) in [6, 6.07) is 0. The van der Waals surface area contributed by atoms with Crippen molar-refractivity contribution in [1.29, 1.82) is 0 Å². The molecule has 0 unspecified atom stereocenters. The minimum Gasteiger partial charge on any atom is -0.550 e. The molecule has 6 nitrogen and oxygen atoms in total. The number of rotatable bonds is 1. The van der Waals surface area contributed by atoms with Gasteiger partial charge in [-0.05, 0) is 6.92 Å². The first-order chi connectivity index (χ1) is 4.86. The van der Waals surface area contributed by atoms with E-state index in [-0.39, 0.29) is 34.1 Å². The fourth-order valence-corrected chi connectivity index (χ4v) is 0.545. The van der Waals surface area contributed by atoms with E-state index in [0.717, 1.165) is 13.8 Å². The molecular formula is C4H6AsCu2O6+. The van der Waals surface area contributed by atoms with Crippen molar-refractivity contribution in [1.82, 2.24) is 0 Å². The van der Waals surface area contributed by atoms with Gasteiger partial charge in [0.05, 0.1) is 0 Å². The molecule has 0 heterocycles. The molecular weight excluding hydrogens is 346 g/mol. The van der Waals surface area contributed by atoms with Gasteiger partial charge in [0, 0.05) is 5.97 Å². The Morgan fingerprint density at radius 1 is 1.15 bits per heavy atom. The van der Waals surface area contributed by atoms with Gasteiger partial charge in [-0.25, -0.2) is 0 Å². The van der Waals surface area contributed by atoms with Crippen LogP contribution in [0, 0.1) is 0 Å². The maximum atomic E-state index is 9.67. The molecule has 9 heteroatoms. The van der Waals surface area contributed by atoms with E-state index in [9.17, 15) is 13.0 Å². The Labute approximate surface area is 102 Å². The van der Waals surface area contributed by atoms with Crippen LogP contribution in [0.5, 0.6) is 0 Å². The van der Waals surface area contributed by atoms with E-state index in [1.807, 2.05) is 0 Å². The Hall–Kier alpha value is 0.457. The van der Waals surface area contributed by atoms with Gasteiger partial charge < -0.3 is 9.90 Å². The van der Waals surface area contributed by atoms with Crippen LogP contribution in [0.4, 0.5) is 0 Å². The first kappa shape index (κ1) is 23.3. The zero-order valence-corrected chi connectivity index (χ0v) is 10.3. The second-order valence-electron chi connectivity index (χ2n) is 1.30. The second-order valence-corrected chi connectivity index (χ2v) is 2.62. The first-order valence-electron chi connectivity index (χ1n) is 2.36. The van der Waals surface area contributed by atoms with Crippen molar-refractivity contribution in [3.8, 4) is 0 Å². The van der Waals surface area contributed by atoms with Crippen LogP contribution in [0.1, 0.15) is 13.8 Å². The predicted octanol–water partition coefficient (Wildman–Crippen LogP) is -3.99. The third-order valence-electron chi connectivity index (χ3n) is 0.203. The molecule has 0 rings (SSSR count).